The molecule has 1 saturated carbocycles. The number of ether oxygens (including phenoxy) is 1. The smallest absolute Gasteiger partial charge is 0.126 e. The van der Waals surface area contributed by atoms with Gasteiger partial charge in [0.1, 0.15) is 5.82 Å². The summed E-state index contributed by atoms with van der Waals surface area (Å²) in [7, 11) is 0. The minimum Gasteiger partial charge on any atom is -0.373 e. The SMILES string of the molecule is CCCNC(c1ccc(C)c(F)c1)C1(OCC)CCCC1. The first kappa shape index (κ1) is 16.4. The first-order valence-corrected chi connectivity index (χ1v) is 8.26. The monoisotopic (exact) mass is 293 g/mol. The van der Waals surface area contributed by atoms with Crippen molar-refractivity contribution in [1.82, 2.24) is 5.32 Å². The number of hydrogen-bond donors (Lipinski definition) is 1. The van der Waals surface area contributed by atoms with Crippen LogP contribution in [-0.4, -0.2) is 18.8 Å². The summed E-state index contributed by atoms with van der Waals surface area (Å²) in [6.07, 6.45) is 5.56. The quantitative estimate of drug-likeness (QED) is 0.798. The summed E-state index contributed by atoms with van der Waals surface area (Å²) in [5.74, 6) is -0.125. The van der Waals surface area contributed by atoms with Crippen LogP contribution in [0.25, 0.3) is 0 Å². The van der Waals surface area contributed by atoms with Crippen molar-refractivity contribution in [3.05, 3.63) is 35.1 Å². The number of hydrogen-bond acceptors (Lipinski definition) is 2. The summed E-state index contributed by atoms with van der Waals surface area (Å²) in [6.45, 7) is 7.64. The minimum absolute atomic E-state index is 0.0787. The van der Waals surface area contributed by atoms with Gasteiger partial charge in [-0.3, -0.25) is 0 Å². The first-order chi connectivity index (χ1) is 10.1. The van der Waals surface area contributed by atoms with Crippen molar-refractivity contribution >= 4 is 0 Å². The van der Waals surface area contributed by atoms with Gasteiger partial charge in [0, 0.05) is 6.61 Å². The molecule has 1 fully saturated rings. The molecule has 1 unspecified atom stereocenters. The third-order valence-corrected chi connectivity index (χ3v) is 4.54. The van der Waals surface area contributed by atoms with Crippen LogP contribution < -0.4 is 5.32 Å². The van der Waals surface area contributed by atoms with Crippen molar-refractivity contribution in [3.8, 4) is 0 Å². The van der Waals surface area contributed by atoms with Crippen molar-refractivity contribution in [2.75, 3.05) is 13.2 Å². The van der Waals surface area contributed by atoms with Crippen LogP contribution in [0.4, 0.5) is 4.39 Å². The van der Waals surface area contributed by atoms with Crippen LogP contribution in [-0.2, 0) is 4.74 Å². The van der Waals surface area contributed by atoms with Crippen molar-refractivity contribution < 1.29 is 9.13 Å². The lowest BCUT2D eigenvalue weighted by Gasteiger charge is -2.38. The molecule has 0 aromatic heterocycles. The fourth-order valence-corrected chi connectivity index (χ4v) is 3.46. The normalized spacial score (nSPS) is 18.9. The van der Waals surface area contributed by atoms with E-state index in [0.29, 0.717) is 12.2 Å². The van der Waals surface area contributed by atoms with Gasteiger partial charge in [-0.2, -0.15) is 0 Å². The van der Waals surface area contributed by atoms with E-state index in [9.17, 15) is 4.39 Å². The standard InChI is InChI=1S/C18H28FNO/c1-4-12-20-17(15-9-8-14(3)16(19)13-15)18(21-5-2)10-6-7-11-18/h8-9,13,17,20H,4-7,10-12H2,1-3H3. The number of rotatable bonds is 7. The molecule has 3 heteroatoms. The molecular formula is C18H28FNO. The molecule has 0 bridgehead atoms. The zero-order valence-electron chi connectivity index (χ0n) is 13.5. The molecule has 2 nitrogen and oxygen atoms in total. The molecule has 0 heterocycles. The fourth-order valence-electron chi connectivity index (χ4n) is 3.46. The van der Waals surface area contributed by atoms with E-state index in [2.05, 4.69) is 12.2 Å². The Balaban J connectivity index is 2.33. The van der Waals surface area contributed by atoms with E-state index in [4.69, 9.17) is 4.74 Å². The summed E-state index contributed by atoms with van der Waals surface area (Å²) >= 11 is 0. The van der Waals surface area contributed by atoms with Crippen molar-refractivity contribution in [2.24, 2.45) is 0 Å². The Hall–Kier alpha value is -0.930. The van der Waals surface area contributed by atoms with E-state index in [1.54, 1.807) is 6.07 Å². The number of halogens is 1. The van der Waals surface area contributed by atoms with Crippen molar-refractivity contribution in [2.45, 2.75) is 64.5 Å². The molecule has 2 rings (SSSR count). The van der Waals surface area contributed by atoms with Crippen LogP contribution in [0.3, 0.4) is 0 Å². The lowest BCUT2D eigenvalue weighted by atomic mass is 9.86. The zero-order valence-corrected chi connectivity index (χ0v) is 13.5. The molecule has 0 aliphatic heterocycles. The maximum atomic E-state index is 14.0. The minimum atomic E-state index is -0.175. The molecule has 1 aromatic carbocycles. The van der Waals surface area contributed by atoms with Gasteiger partial charge in [0.15, 0.2) is 0 Å². The van der Waals surface area contributed by atoms with Gasteiger partial charge in [0.25, 0.3) is 0 Å². The van der Waals surface area contributed by atoms with Gasteiger partial charge in [0.05, 0.1) is 11.6 Å². The number of benzene rings is 1. The summed E-state index contributed by atoms with van der Waals surface area (Å²) in [4.78, 5) is 0. The Labute approximate surface area is 128 Å². The van der Waals surface area contributed by atoms with Crippen LogP contribution in [0.15, 0.2) is 18.2 Å². The topological polar surface area (TPSA) is 21.3 Å². The highest BCUT2D eigenvalue weighted by Crippen LogP contribution is 2.43. The average Bonchev–Trinajstić information content (AvgIpc) is 2.93. The van der Waals surface area contributed by atoms with Gasteiger partial charge in [-0.25, -0.2) is 4.39 Å². The Morgan fingerprint density at radius 3 is 2.57 bits per heavy atom. The molecule has 1 N–H and O–H groups in total. The lowest BCUT2D eigenvalue weighted by molar-refractivity contribution is -0.0626. The molecule has 0 radical (unpaired) electrons. The molecule has 1 atom stereocenters. The summed E-state index contributed by atoms with van der Waals surface area (Å²) < 4.78 is 20.2. The average molecular weight is 293 g/mol. The van der Waals surface area contributed by atoms with Crippen LogP contribution >= 0.6 is 0 Å². The maximum Gasteiger partial charge on any atom is 0.126 e. The van der Waals surface area contributed by atoms with Gasteiger partial charge in [0.2, 0.25) is 0 Å². The summed E-state index contributed by atoms with van der Waals surface area (Å²) in [5.41, 5.74) is 1.54. The van der Waals surface area contributed by atoms with Crippen LogP contribution in [0, 0.1) is 12.7 Å². The Bertz CT molecular complexity index is 455. The van der Waals surface area contributed by atoms with Gasteiger partial charge in [-0.05, 0) is 56.8 Å². The highest BCUT2D eigenvalue weighted by molar-refractivity contribution is 5.28. The molecule has 0 spiro atoms. The number of nitrogens with one attached hydrogen (secondary N) is 1. The second kappa shape index (κ2) is 7.37. The van der Waals surface area contributed by atoms with E-state index < -0.39 is 0 Å². The molecule has 0 saturated heterocycles. The fraction of sp³-hybridized carbons (Fsp3) is 0.667. The Kier molecular flexibility index (Phi) is 5.77. The molecule has 118 valence electrons. The number of aryl methyl sites for hydroxylation is 1. The third kappa shape index (κ3) is 3.64. The van der Waals surface area contributed by atoms with E-state index >= 15 is 0 Å². The Morgan fingerprint density at radius 1 is 1.29 bits per heavy atom. The maximum absolute atomic E-state index is 14.0. The van der Waals surface area contributed by atoms with E-state index in [1.165, 1.54) is 12.8 Å². The molecule has 1 aromatic rings. The predicted octanol–water partition coefficient (Wildman–Crippen LogP) is 4.52. The highest BCUT2D eigenvalue weighted by atomic mass is 19.1. The summed E-state index contributed by atoms with van der Waals surface area (Å²) in [6, 6.07) is 5.68. The van der Waals surface area contributed by atoms with Gasteiger partial charge < -0.3 is 10.1 Å². The zero-order chi connectivity index (χ0) is 15.3. The van der Waals surface area contributed by atoms with Crippen molar-refractivity contribution in [1.29, 1.82) is 0 Å². The predicted molar refractivity (Wildman–Crippen MR) is 85.0 cm³/mol. The third-order valence-electron chi connectivity index (χ3n) is 4.54. The van der Waals surface area contributed by atoms with Crippen LogP contribution in [0.1, 0.15) is 63.1 Å². The van der Waals surface area contributed by atoms with Crippen molar-refractivity contribution in [3.63, 3.8) is 0 Å². The Morgan fingerprint density at radius 2 is 2.00 bits per heavy atom. The summed E-state index contributed by atoms with van der Waals surface area (Å²) in [5, 5.41) is 3.61. The largest absolute Gasteiger partial charge is 0.373 e. The molecule has 0 amide bonds. The van der Waals surface area contributed by atoms with E-state index in [0.717, 1.165) is 31.4 Å². The molecule has 21 heavy (non-hydrogen) atoms. The second-order valence-corrected chi connectivity index (χ2v) is 6.10. The molecule has 1 aliphatic rings. The highest BCUT2D eigenvalue weighted by Gasteiger charge is 2.42. The van der Waals surface area contributed by atoms with Gasteiger partial charge >= 0.3 is 0 Å². The van der Waals surface area contributed by atoms with Gasteiger partial charge in [-0.1, -0.05) is 31.9 Å². The molecule has 1 aliphatic carbocycles. The lowest BCUT2D eigenvalue weighted by Crippen LogP contribution is -2.44. The van der Waals surface area contributed by atoms with Crippen LogP contribution in [0.5, 0.6) is 0 Å². The van der Waals surface area contributed by atoms with Gasteiger partial charge in [-0.15, -0.1) is 0 Å². The second-order valence-electron chi connectivity index (χ2n) is 6.10. The van der Waals surface area contributed by atoms with E-state index in [-0.39, 0.29) is 17.5 Å². The van der Waals surface area contributed by atoms with Crippen LogP contribution in [0.2, 0.25) is 0 Å². The van der Waals surface area contributed by atoms with E-state index in [1.807, 2.05) is 26.0 Å². The first-order valence-electron chi connectivity index (χ1n) is 8.26. The molecular weight excluding hydrogens is 265 g/mol.